The number of halogens is 1. The smallest absolute Gasteiger partial charge is 0.276 e. The van der Waals surface area contributed by atoms with Gasteiger partial charge in [0.2, 0.25) is 0 Å². The molecule has 2 rings (SSSR count). The maximum absolute atomic E-state index is 13.0. The Kier molecular flexibility index (Phi) is 3.56. The second-order valence-corrected chi connectivity index (χ2v) is 3.64. The van der Waals surface area contributed by atoms with Crippen LogP contribution < -0.4 is 15.8 Å². The number of hydrogen-bond acceptors (Lipinski definition) is 5. The number of anilines is 2. The van der Waals surface area contributed by atoms with Crippen molar-refractivity contribution in [1.29, 1.82) is 0 Å². The lowest BCUT2D eigenvalue weighted by atomic mass is 10.2. The highest BCUT2D eigenvalue weighted by Crippen LogP contribution is 2.25. The highest BCUT2D eigenvalue weighted by Gasteiger charge is 2.12. The summed E-state index contributed by atoms with van der Waals surface area (Å²) in [6.07, 6.45) is 0. The first-order chi connectivity index (χ1) is 9.10. The maximum Gasteiger partial charge on any atom is 0.276 e. The lowest BCUT2D eigenvalue weighted by Crippen LogP contribution is -2.15. The van der Waals surface area contributed by atoms with E-state index in [1.54, 1.807) is 0 Å². The molecular formula is C12H11FN4O2. The van der Waals surface area contributed by atoms with E-state index in [0.29, 0.717) is 5.69 Å². The zero-order valence-electron chi connectivity index (χ0n) is 10.1. The Bertz CT molecular complexity index is 601. The van der Waals surface area contributed by atoms with Crippen molar-refractivity contribution < 1.29 is 13.9 Å². The Morgan fingerprint density at radius 2 is 2.11 bits per heavy atom. The Morgan fingerprint density at radius 3 is 2.74 bits per heavy atom. The molecule has 0 atom stereocenters. The van der Waals surface area contributed by atoms with Gasteiger partial charge in [-0.15, -0.1) is 10.2 Å². The number of nitrogens with one attached hydrogen (secondary N) is 1. The average molecular weight is 262 g/mol. The highest BCUT2D eigenvalue weighted by atomic mass is 19.1. The molecule has 0 saturated heterocycles. The van der Waals surface area contributed by atoms with Crippen molar-refractivity contribution in [3.8, 4) is 5.75 Å². The quantitative estimate of drug-likeness (QED) is 0.873. The van der Waals surface area contributed by atoms with Crippen LogP contribution in [0.4, 0.5) is 15.9 Å². The van der Waals surface area contributed by atoms with Gasteiger partial charge in [-0.25, -0.2) is 4.39 Å². The third-order valence-electron chi connectivity index (χ3n) is 2.33. The molecule has 98 valence electrons. The van der Waals surface area contributed by atoms with Gasteiger partial charge >= 0.3 is 0 Å². The lowest BCUT2D eigenvalue weighted by molar-refractivity contribution is 0.102. The third kappa shape index (κ3) is 2.95. The monoisotopic (exact) mass is 262 g/mol. The number of aromatic nitrogens is 2. The molecule has 0 aliphatic rings. The van der Waals surface area contributed by atoms with E-state index in [-0.39, 0.29) is 17.3 Å². The van der Waals surface area contributed by atoms with Gasteiger partial charge in [-0.3, -0.25) is 4.79 Å². The largest absolute Gasteiger partial charge is 0.494 e. The molecule has 3 N–H and O–H groups in total. The first-order valence-corrected chi connectivity index (χ1v) is 5.34. The SMILES string of the molecule is COc1cc(F)ccc1NC(=O)c1ccc(N)nn1. The van der Waals surface area contributed by atoms with Gasteiger partial charge in [-0.05, 0) is 24.3 Å². The van der Waals surface area contributed by atoms with Gasteiger partial charge in [0.05, 0.1) is 12.8 Å². The summed E-state index contributed by atoms with van der Waals surface area (Å²) in [4.78, 5) is 11.9. The van der Waals surface area contributed by atoms with Crippen molar-refractivity contribution in [1.82, 2.24) is 10.2 Å². The van der Waals surface area contributed by atoms with Gasteiger partial charge in [0.1, 0.15) is 17.4 Å². The topological polar surface area (TPSA) is 90.1 Å². The number of carbonyl (C=O) groups excluding carboxylic acids is 1. The van der Waals surface area contributed by atoms with Crippen LogP contribution in [0.5, 0.6) is 5.75 Å². The summed E-state index contributed by atoms with van der Waals surface area (Å²) in [5, 5.41) is 9.77. The van der Waals surface area contributed by atoms with E-state index in [4.69, 9.17) is 10.5 Å². The number of nitrogens with two attached hydrogens (primary N) is 1. The molecule has 6 nitrogen and oxygen atoms in total. The van der Waals surface area contributed by atoms with Crippen LogP contribution in [0.25, 0.3) is 0 Å². The molecule has 0 aliphatic carbocycles. The molecule has 19 heavy (non-hydrogen) atoms. The molecule has 0 aliphatic heterocycles. The van der Waals surface area contributed by atoms with Crippen molar-refractivity contribution >= 4 is 17.4 Å². The molecule has 0 bridgehead atoms. The van der Waals surface area contributed by atoms with E-state index in [0.717, 1.165) is 0 Å². The van der Waals surface area contributed by atoms with E-state index in [1.807, 2.05) is 0 Å². The molecule has 1 heterocycles. The minimum Gasteiger partial charge on any atom is -0.494 e. The number of nitrogens with zero attached hydrogens (tertiary/aromatic N) is 2. The first kappa shape index (κ1) is 12.7. The Labute approximate surface area is 108 Å². The van der Waals surface area contributed by atoms with Crippen LogP contribution in [0.3, 0.4) is 0 Å². The van der Waals surface area contributed by atoms with Gasteiger partial charge < -0.3 is 15.8 Å². The molecule has 7 heteroatoms. The van der Waals surface area contributed by atoms with E-state index in [2.05, 4.69) is 15.5 Å². The zero-order chi connectivity index (χ0) is 13.8. The van der Waals surface area contributed by atoms with Crippen LogP contribution in [0.15, 0.2) is 30.3 Å². The van der Waals surface area contributed by atoms with Crippen LogP contribution in [0, 0.1) is 5.82 Å². The molecule has 0 spiro atoms. The van der Waals surface area contributed by atoms with E-state index in [1.165, 1.54) is 37.4 Å². The summed E-state index contributed by atoms with van der Waals surface area (Å²) in [6.45, 7) is 0. The number of benzene rings is 1. The minimum absolute atomic E-state index is 0.0978. The summed E-state index contributed by atoms with van der Waals surface area (Å²) in [5.74, 6) is -0.507. The van der Waals surface area contributed by atoms with Crippen LogP contribution in [-0.2, 0) is 0 Å². The van der Waals surface area contributed by atoms with E-state index in [9.17, 15) is 9.18 Å². The molecule has 0 radical (unpaired) electrons. The first-order valence-electron chi connectivity index (χ1n) is 5.34. The molecular weight excluding hydrogens is 251 g/mol. The molecule has 0 fully saturated rings. The van der Waals surface area contributed by atoms with Gasteiger partial charge in [0.15, 0.2) is 5.69 Å². The summed E-state index contributed by atoms with van der Waals surface area (Å²) < 4.78 is 18.0. The molecule has 1 amide bonds. The van der Waals surface area contributed by atoms with Crippen LogP contribution in [0.1, 0.15) is 10.5 Å². The fraction of sp³-hybridized carbons (Fsp3) is 0.0833. The minimum atomic E-state index is -0.489. The normalized spacial score (nSPS) is 10.0. The van der Waals surface area contributed by atoms with Gasteiger partial charge in [-0.2, -0.15) is 0 Å². The number of rotatable bonds is 3. The Balaban J connectivity index is 2.21. The third-order valence-corrected chi connectivity index (χ3v) is 2.33. The number of nitrogen functional groups attached to an aromatic ring is 1. The molecule has 1 aromatic carbocycles. The summed E-state index contributed by atoms with van der Waals surface area (Å²) in [7, 11) is 1.38. The standard InChI is InChI=1S/C12H11FN4O2/c1-19-10-6-7(13)2-3-8(10)15-12(18)9-4-5-11(14)17-16-9/h2-6H,1H3,(H2,14,17)(H,15,18). The summed E-state index contributed by atoms with van der Waals surface area (Å²) in [5.41, 5.74) is 5.81. The van der Waals surface area contributed by atoms with Gasteiger partial charge in [0, 0.05) is 6.07 Å². The summed E-state index contributed by atoms with van der Waals surface area (Å²) in [6, 6.07) is 6.69. The van der Waals surface area contributed by atoms with Gasteiger partial charge in [0.25, 0.3) is 5.91 Å². The maximum atomic E-state index is 13.0. The predicted molar refractivity (Wildman–Crippen MR) is 67.3 cm³/mol. The summed E-state index contributed by atoms with van der Waals surface area (Å²) >= 11 is 0. The molecule has 1 aromatic heterocycles. The van der Waals surface area contributed by atoms with Crippen molar-refractivity contribution in [3.05, 3.63) is 41.8 Å². The molecule has 2 aromatic rings. The van der Waals surface area contributed by atoms with E-state index < -0.39 is 11.7 Å². The van der Waals surface area contributed by atoms with E-state index >= 15 is 0 Å². The second kappa shape index (κ2) is 5.30. The van der Waals surface area contributed by atoms with Crippen molar-refractivity contribution in [2.45, 2.75) is 0 Å². The fourth-order valence-electron chi connectivity index (χ4n) is 1.42. The van der Waals surface area contributed by atoms with Gasteiger partial charge in [-0.1, -0.05) is 0 Å². The number of hydrogen-bond donors (Lipinski definition) is 2. The lowest BCUT2D eigenvalue weighted by Gasteiger charge is -2.09. The highest BCUT2D eigenvalue weighted by molar-refractivity contribution is 6.03. The fourth-order valence-corrected chi connectivity index (χ4v) is 1.42. The zero-order valence-corrected chi connectivity index (χ0v) is 10.1. The number of carbonyl (C=O) groups is 1. The van der Waals surface area contributed by atoms with Crippen molar-refractivity contribution in [2.24, 2.45) is 0 Å². The van der Waals surface area contributed by atoms with Crippen molar-refractivity contribution in [2.75, 3.05) is 18.2 Å². The second-order valence-electron chi connectivity index (χ2n) is 3.64. The number of methoxy groups -OCH3 is 1. The molecule has 0 unspecified atom stereocenters. The van der Waals surface area contributed by atoms with Crippen LogP contribution in [-0.4, -0.2) is 23.2 Å². The number of amides is 1. The Morgan fingerprint density at radius 1 is 1.32 bits per heavy atom. The average Bonchev–Trinajstić information content (AvgIpc) is 2.41. The predicted octanol–water partition coefficient (Wildman–Crippen LogP) is 1.46. The Hall–Kier alpha value is -2.70. The van der Waals surface area contributed by atoms with Crippen LogP contribution in [0.2, 0.25) is 0 Å². The van der Waals surface area contributed by atoms with Crippen molar-refractivity contribution in [3.63, 3.8) is 0 Å². The molecule has 0 saturated carbocycles. The number of ether oxygens (including phenoxy) is 1. The van der Waals surface area contributed by atoms with Crippen LogP contribution >= 0.6 is 0 Å².